The van der Waals surface area contributed by atoms with Crippen LogP contribution in [-0.4, -0.2) is 42.3 Å². The molecule has 1 aliphatic rings. The minimum Gasteiger partial charge on any atom is -0.378 e. The molecule has 1 fully saturated rings. The van der Waals surface area contributed by atoms with Gasteiger partial charge in [-0.25, -0.2) is 9.37 Å². The highest BCUT2D eigenvalue weighted by molar-refractivity contribution is 5.77. The maximum Gasteiger partial charge on any atom is 0.203 e. The highest BCUT2D eigenvalue weighted by Gasteiger charge is 2.21. The van der Waals surface area contributed by atoms with E-state index in [1.807, 2.05) is 0 Å². The number of hydrogen-bond donors (Lipinski definition) is 2. The van der Waals surface area contributed by atoms with E-state index in [0.717, 1.165) is 55.9 Å². The number of fused-ring (bicyclic) bond motifs is 1. The van der Waals surface area contributed by atoms with E-state index in [1.54, 1.807) is 6.07 Å². The highest BCUT2D eigenvalue weighted by Crippen LogP contribution is 2.22. The summed E-state index contributed by atoms with van der Waals surface area (Å²) >= 11 is 0. The smallest absolute Gasteiger partial charge is 0.203 e. The first-order valence-electron chi connectivity index (χ1n) is 7.48. The fraction of sp³-hybridized carbons (Fsp3) is 0.533. The number of nitrogens with zero attached hydrogens (tertiary/aromatic N) is 2. The fourth-order valence-electron chi connectivity index (χ4n) is 2.69. The number of H-pyrrole nitrogens is 1. The Hall–Kier alpha value is -1.66. The van der Waals surface area contributed by atoms with Gasteiger partial charge in [0.05, 0.1) is 17.1 Å². The van der Waals surface area contributed by atoms with Crippen LogP contribution < -0.4 is 10.6 Å². The first-order chi connectivity index (χ1) is 10.3. The lowest BCUT2D eigenvalue weighted by atomic mass is 10.1. The normalized spacial score (nSPS) is 16.8. The molecule has 5 nitrogen and oxygen atoms in total. The Kier molecular flexibility index (Phi) is 4.36. The summed E-state index contributed by atoms with van der Waals surface area (Å²) in [5, 5.41) is 0. The average molecular weight is 292 g/mol. The predicted molar refractivity (Wildman–Crippen MR) is 80.9 cm³/mol. The quantitative estimate of drug-likeness (QED) is 0.828. The topological polar surface area (TPSA) is 67.2 Å². The van der Waals surface area contributed by atoms with E-state index < -0.39 is 0 Å². The highest BCUT2D eigenvalue weighted by atomic mass is 19.1. The van der Waals surface area contributed by atoms with Crippen LogP contribution in [0.2, 0.25) is 0 Å². The SMILES string of the molecule is NCCCOC1CCN(c2nc3ccc(F)cc3[nH]2)CC1. The summed E-state index contributed by atoms with van der Waals surface area (Å²) in [4.78, 5) is 9.91. The maximum atomic E-state index is 13.2. The molecule has 0 bridgehead atoms. The first kappa shape index (κ1) is 14.3. The standard InChI is InChI=1S/C15H21FN4O/c16-11-2-3-13-14(10-11)19-15(18-13)20-7-4-12(5-8-20)21-9-1-6-17/h2-3,10,12H,1,4-9,17H2,(H,18,19). The summed E-state index contributed by atoms with van der Waals surface area (Å²) < 4.78 is 19.0. The number of anilines is 1. The van der Waals surface area contributed by atoms with E-state index in [1.165, 1.54) is 12.1 Å². The Bertz CT molecular complexity index is 592. The van der Waals surface area contributed by atoms with E-state index in [0.29, 0.717) is 12.6 Å². The number of ether oxygens (including phenoxy) is 1. The second kappa shape index (κ2) is 6.41. The van der Waals surface area contributed by atoms with Gasteiger partial charge in [0.1, 0.15) is 5.82 Å². The predicted octanol–water partition coefficient (Wildman–Crippen LogP) is 2.04. The van der Waals surface area contributed by atoms with Gasteiger partial charge in [0, 0.05) is 19.7 Å². The molecule has 0 aliphatic carbocycles. The van der Waals surface area contributed by atoms with Crippen molar-refractivity contribution < 1.29 is 9.13 Å². The van der Waals surface area contributed by atoms with Crippen molar-refractivity contribution in [1.82, 2.24) is 9.97 Å². The van der Waals surface area contributed by atoms with Crippen LogP contribution in [0.3, 0.4) is 0 Å². The van der Waals surface area contributed by atoms with Gasteiger partial charge in [-0.15, -0.1) is 0 Å². The summed E-state index contributed by atoms with van der Waals surface area (Å²) in [6.07, 6.45) is 3.19. The number of imidazole rings is 1. The number of nitrogens with one attached hydrogen (secondary N) is 1. The van der Waals surface area contributed by atoms with Gasteiger partial charge in [0.25, 0.3) is 0 Å². The summed E-state index contributed by atoms with van der Waals surface area (Å²) in [6, 6.07) is 4.62. The molecule has 1 saturated heterocycles. The number of piperidine rings is 1. The average Bonchev–Trinajstić information content (AvgIpc) is 2.91. The minimum atomic E-state index is -0.246. The second-order valence-corrected chi connectivity index (χ2v) is 5.42. The molecule has 0 radical (unpaired) electrons. The third-order valence-corrected chi connectivity index (χ3v) is 3.87. The largest absolute Gasteiger partial charge is 0.378 e. The molecule has 21 heavy (non-hydrogen) atoms. The zero-order chi connectivity index (χ0) is 14.7. The molecule has 2 aromatic rings. The van der Waals surface area contributed by atoms with Crippen molar-refractivity contribution in [3.05, 3.63) is 24.0 Å². The molecule has 0 unspecified atom stereocenters. The second-order valence-electron chi connectivity index (χ2n) is 5.42. The molecule has 0 spiro atoms. The summed E-state index contributed by atoms with van der Waals surface area (Å²) in [5.74, 6) is 0.570. The third kappa shape index (κ3) is 3.33. The summed E-state index contributed by atoms with van der Waals surface area (Å²) in [7, 11) is 0. The number of halogens is 1. The van der Waals surface area contributed by atoms with Crippen LogP contribution in [0.4, 0.5) is 10.3 Å². The molecular formula is C15H21FN4O. The van der Waals surface area contributed by atoms with Crippen molar-refractivity contribution in [1.29, 1.82) is 0 Å². The van der Waals surface area contributed by atoms with Crippen molar-refractivity contribution in [3.8, 4) is 0 Å². The molecule has 1 aromatic heterocycles. The van der Waals surface area contributed by atoms with E-state index in [-0.39, 0.29) is 5.82 Å². The van der Waals surface area contributed by atoms with Crippen LogP contribution in [0.25, 0.3) is 11.0 Å². The molecule has 0 atom stereocenters. The van der Waals surface area contributed by atoms with Gasteiger partial charge in [-0.2, -0.15) is 0 Å². The van der Waals surface area contributed by atoms with Crippen LogP contribution in [0.1, 0.15) is 19.3 Å². The molecule has 6 heteroatoms. The number of rotatable bonds is 5. The Balaban J connectivity index is 1.60. The fourth-order valence-corrected chi connectivity index (χ4v) is 2.69. The minimum absolute atomic E-state index is 0.246. The Morgan fingerprint density at radius 1 is 1.38 bits per heavy atom. The summed E-state index contributed by atoms with van der Waals surface area (Å²) in [5.41, 5.74) is 7.00. The number of benzene rings is 1. The molecule has 3 N–H and O–H groups in total. The van der Waals surface area contributed by atoms with Crippen LogP contribution in [0.15, 0.2) is 18.2 Å². The molecule has 1 aliphatic heterocycles. The lowest BCUT2D eigenvalue weighted by Crippen LogP contribution is -2.37. The summed E-state index contributed by atoms with van der Waals surface area (Å²) in [6.45, 7) is 3.21. The molecule has 1 aromatic carbocycles. The lowest BCUT2D eigenvalue weighted by molar-refractivity contribution is 0.0365. The van der Waals surface area contributed by atoms with E-state index in [2.05, 4.69) is 14.9 Å². The van der Waals surface area contributed by atoms with Crippen molar-refractivity contribution in [3.63, 3.8) is 0 Å². The van der Waals surface area contributed by atoms with Gasteiger partial charge in [-0.3, -0.25) is 0 Å². The Morgan fingerprint density at radius 2 is 2.19 bits per heavy atom. The van der Waals surface area contributed by atoms with Gasteiger partial charge in [-0.1, -0.05) is 0 Å². The molecule has 2 heterocycles. The molecule has 0 amide bonds. The monoisotopic (exact) mass is 292 g/mol. The number of aromatic nitrogens is 2. The van der Waals surface area contributed by atoms with Crippen LogP contribution >= 0.6 is 0 Å². The van der Waals surface area contributed by atoms with Gasteiger partial charge < -0.3 is 20.4 Å². The molecule has 114 valence electrons. The van der Waals surface area contributed by atoms with Gasteiger partial charge in [0.2, 0.25) is 5.95 Å². The molecule has 0 saturated carbocycles. The lowest BCUT2D eigenvalue weighted by Gasteiger charge is -2.31. The van der Waals surface area contributed by atoms with E-state index in [9.17, 15) is 4.39 Å². The zero-order valence-corrected chi connectivity index (χ0v) is 12.0. The zero-order valence-electron chi connectivity index (χ0n) is 12.0. The van der Waals surface area contributed by atoms with Crippen molar-refractivity contribution in [2.45, 2.75) is 25.4 Å². The van der Waals surface area contributed by atoms with Crippen LogP contribution in [0.5, 0.6) is 0 Å². The number of nitrogens with two attached hydrogens (primary N) is 1. The number of hydrogen-bond acceptors (Lipinski definition) is 4. The van der Waals surface area contributed by atoms with Crippen LogP contribution in [0, 0.1) is 5.82 Å². The van der Waals surface area contributed by atoms with E-state index in [4.69, 9.17) is 10.5 Å². The number of aromatic amines is 1. The first-order valence-corrected chi connectivity index (χ1v) is 7.48. The van der Waals surface area contributed by atoms with Crippen molar-refractivity contribution in [2.75, 3.05) is 31.1 Å². The molecule has 3 rings (SSSR count). The van der Waals surface area contributed by atoms with Crippen molar-refractivity contribution in [2.24, 2.45) is 5.73 Å². The van der Waals surface area contributed by atoms with Gasteiger partial charge in [-0.05, 0) is 44.0 Å². The van der Waals surface area contributed by atoms with Gasteiger partial charge >= 0.3 is 0 Å². The van der Waals surface area contributed by atoms with Crippen molar-refractivity contribution >= 4 is 17.0 Å². The maximum absolute atomic E-state index is 13.2. The third-order valence-electron chi connectivity index (χ3n) is 3.87. The Labute approximate surface area is 123 Å². The van der Waals surface area contributed by atoms with E-state index >= 15 is 0 Å². The van der Waals surface area contributed by atoms with Crippen LogP contribution in [-0.2, 0) is 4.74 Å². The molecular weight excluding hydrogens is 271 g/mol. The Morgan fingerprint density at radius 3 is 2.95 bits per heavy atom. The van der Waals surface area contributed by atoms with Gasteiger partial charge in [0.15, 0.2) is 0 Å².